The van der Waals surface area contributed by atoms with Gasteiger partial charge in [0.1, 0.15) is 6.54 Å². The second kappa shape index (κ2) is 4.29. The first-order valence-corrected chi connectivity index (χ1v) is 4.84. The van der Waals surface area contributed by atoms with E-state index in [1.807, 2.05) is 6.07 Å². The van der Waals surface area contributed by atoms with E-state index in [0.29, 0.717) is 22.1 Å². The summed E-state index contributed by atoms with van der Waals surface area (Å²) in [5.41, 5.74) is 0.338. The number of rotatable bonds is 2. The van der Waals surface area contributed by atoms with E-state index in [2.05, 4.69) is 5.32 Å². The van der Waals surface area contributed by atoms with Crippen molar-refractivity contribution in [1.82, 2.24) is 5.32 Å². The molecule has 0 radical (unpaired) electrons. The quantitative estimate of drug-likeness (QED) is 0.789. The summed E-state index contributed by atoms with van der Waals surface area (Å²) in [7, 11) is 0. The summed E-state index contributed by atoms with van der Waals surface area (Å²) < 4.78 is 10.2. The van der Waals surface area contributed by atoms with Gasteiger partial charge in [-0.25, -0.2) is 0 Å². The minimum absolute atomic E-state index is 0.0507. The number of halogens is 1. The number of nitriles is 1. The van der Waals surface area contributed by atoms with Gasteiger partial charge in [0.25, 0.3) is 5.91 Å². The summed E-state index contributed by atoms with van der Waals surface area (Å²) in [5.74, 6) is 0.509. The van der Waals surface area contributed by atoms with E-state index >= 15 is 0 Å². The van der Waals surface area contributed by atoms with Crippen molar-refractivity contribution in [2.75, 3.05) is 13.3 Å². The molecule has 1 aliphatic heterocycles. The van der Waals surface area contributed by atoms with Crippen molar-refractivity contribution >= 4 is 17.5 Å². The first-order valence-electron chi connectivity index (χ1n) is 4.46. The normalized spacial score (nSPS) is 12.0. The highest BCUT2D eigenvalue weighted by atomic mass is 35.5. The van der Waals surface area contributed by atoms with Gasteiger partial charge in [-0.1, -0.05) is 11.6 Å². The number of hydrogen-bond donors (Lipinski definition) is 1. The van der Waals surface area contributed by atoms with E-state index in [-0.39, 0.29) is 19.2 Å². The zero-order chi connectivity index (χ0) is 11.5. The molecule has 0 aromatic heterocycles. The molecular weight excluding hydrogens is 232 g/mol. The van der Waals surface area contributed by atoms with Gasteiger partial charge >= 0.3 is 0 Å². The Morgan fingerprint density at radius 3 is 3.12 bits per heavy atom. The van der Waals surface area contributed by atoms with Crippen molar-refractivity contribution in [3.8, 4) is 17.6 Å². The highest BCUT2D eigenvalue weighted by Gasteiger charge is 2.20. The van der Waals surface area contributed by atoms with Gasteiger partial charge in [-0.05, 0) is 12.1 Å². The molecule has 2 rings (SSSR count). The van der Waals surface area contributed by atoms with Crippen LogP contribution < -0.4 is 14.8 Å². The molecule has 0 aliphatic carbocycles. The number of carbonyl (C=O) groups is 1. The average molecular weight is 239 g/mol. The van der Waals surface area contributed by atoms with Crippen molar-refractivity contribution in [2.45, 2.75) is 0 Å². The minimum Gasteiger partial charge on any atom is -0.454 e. The van der Waals surface area contributed by atoms with Crippen LogP contribution in [0.5, 0.6) is 11.5 Å². The van der Waals surface area contributed by atoms with Crippen molar-refractivity contribution < 1.29 is 14.3 Å². The zero-order valence-corrected chi connectivity index (χ0v) is 8.87. The van der Waals surface area contributed by atoms with E-state index < -0.39 is 0 Å². The maximum Gasteiger partial charge on any atom is 0.252 e. The number of carbonyl (C=O) groups excluding carboxylic acids is 1. The first kappa shape index (κ1) is 10.6. The molecule has 1 aromatic carbocycles. The van der Waals surface area contributed by atoms with Crippen LogP contribution in [0.15, 0.2) is 12.1 Å². The Labute approximate surface area is 96.5 Å². The van der Waals surface area contributed by atoms with Crippen molar-refractivity contribution in [2.24, 2.45) is 0 Å². The van der Waals surface area contributed by atoms with Gasteiger partial charge in [0.15, 0.2) is 11.5 Å². The van der Waals surface area contributed by atoms with Gasteiger partial charge in [0.05, 0.1) is 11.1 Å². The summed E-state index contributed by atoms with van der Waals surface area (Å²) in [5, 5.41) is 11.1. The second-order valence-electron chi connectivity index (χ2n) is 3.03. The molecule has 16 heavy (non-hydrogen) atoms. The molecule has 5 nitrogen and oxygen atoms in total. The molecule has 0 atom stereocenters. The Kier molecular flexibility index (Phi) is 2.84. The maximum atomic E-state index is 11.5. The molecule has 1 N–H and O–H groups in total. The third kappa shape index (κ3) is 1.88. The summed E-state index contributed by atoms with van der Waals surface area (Å²) in [6, 6.07) is 4.82. The summed E-state index contributed by atoms with van der Waals surface area (Å²) in [6.45, 7) is 0.0449. The maximum absolute atomic E-state index is 11.5. The average Bonchev–Trinajstić information content (AvgIpc) is 2.74. The molecule has 82 valence electrons. The Balaban J connectivity index is 2.27. The van der Waals surface area contributed by atoms with Crippen molar-refractivity contribution in [1.29, 1.82) is 5.26 Å². The van der Waals surface area contributed by atoms with Crippen LogP contribution in [-0.4, -0.2) is 19.2 Å². The molecule has 1 aromatic rings. The number of nitrogens with zero attached hydrogens (tertiary/aromatic N) is 1. The Hall–Kier alpha value is -1.93. The third-order valence-corrected chi connectivity index (χ3v) is 2.30. The van der Waals surface area contributed by atoms with E-state index in [0.717, 1.165) is 0 Å². The van der Waals surface area contributed by atoms with Gasteiger partial charge in [-0.15, -0.1) is 0 Å². The second-order valence-corrected chi connectivity index (χ2v) is 3.44. The van der Waals surface area contributed by atoms with Crippen LogP contribution in [0, 0.1) is 11.3 Å². The molecule has 0 saturated carbocycles. The smallest absolute Gasteiger partial charge is 0.252 e. The highest BCUT2D eigenvalue weighted by molar-refractivity contribution is 6.32. The molecule has 1 heterocycles. The lowest BCUT2D eigenvalue weighted by Crippen LogP contribution is -2.23. The summed E-state index contributed by atoms with van der Waals surface area (Å²) in [6.07, 6.45) is 0. The van der Waals surface area contributed by atoms with Crippen LogP contribution in [0.2, 0.25) is 5.02 Å². The number of nitrogens with one attached hydrogen (secondary N) is 1. The molecule has 6 heteroatoms. The zero-order valence-electron chi connectivity index (χ0n) is 8.12. The van der Waals surface area contributed by atoms with Crippen LogP contribution in [0.1, 0.15) is 10.4 Å². The van der Waals surface area contributed by atoms with Gasteiger partial charge < -0.3 is 14.8 Å². The van der Waals surface area contributed by atoms with Crippen molar-refractivity contribution in [3.63, 3.8) is 0 Å². The molecule has 0 saturated heterocycles. The topological polar surface area (TPSA) is 71.4 Å². The van der Waals surface area contributed by atoms with Gasteiger partial charge in [0.2, 0.25) is 6.79 Å². The third-order valence-electron chi connectivity index (χ3n) is 2.02. The standard InChI is InChI=1S/C10H7ClN2O3/c11-7-3-6(10(14)13-2-1-12)4-8-9(7)16-5-15-8/h3-4H,2,5H2,(H,13,14). The summed E-state index contributed by atoms with van der Waals surface area (Å²) in [4.78, 5) is 11.5. The van der Waals surface area contributed by atoms with Crippen LogP contribution >= 0.6 is 11.6 Å². The molecule has 1 aliphatic rings. The van der Waals surface area contributed by atoms with Crippen molar-refractivity contribution in [3.05, 3.63) is 22.7 Å². The number of amides is 1. The van der Waals surface area contributed by atoms with E-state index in [1.54, 1.807) is 0 Å². The molecule has 0 unspecified atom stereocenters. The lowest BCUT2D eigenvalue weighted by molar-refractivity contribution is 0.0958. The molecule has 0 fully saturated rings. The van der Waals surface area contributed by atoms with Crippen LogP contribution in [0.3, 0.4) is 0 Å². The lowest BCUT2D eigenvalue weighted by atomic mass is 10.2. The Morgan fingerprint density at radius 2 is 2.38 bits per heavy atom. The molecule has 0 spiro atoms. The molecular formula is C10H7ClN2O3. The predicted octanol–water partition coefficient (Wildman–Crippen LogP) is 1.32. The van der Waals surface area contributed by atoms with Gasteiger partial charge in [0, 0.05) is 5.56 Å². The van der Waals surface area contributed by atoms with E-state index in [1.165, 1.54) is 12.1 Å². The first-order chi connectivity index (χ1) is 7.72. The van der Waals surface area contributed by atoms with E-state index in [9.17, 15) is 4.79 Å². The number of hydrogen-bond acceptors (Lipinski definition) is 4. The Bertz CT molecular complexity index is 482. The monoisotopic (exact) mass is 238 g/mol. The fraction of sp³-hybridized carbons (Fsp3) is 0.200. The minimum atomic E-state index is -0.373. The Morgan fingerprint density at radius 1 is 1.56 bits per heavy atom. The summed E-state index contributed by atoms with van der Waals surface area (Å²) >= 11 is 5.90. The van der Waals surface area contributed by atoms with Crippen LogP contribution in [0.4, 0.5) is 0 Å². The van der Waals surface area contributed by atoms with Gasteiger partial charge in [-0.3, -0.25) is 4.79 Å². The molecule has 1 amide bonds. The van der Waals surface area contributed by atoms with Gasteiger partial charge in [-0.2, -0.15) is 5.26 Å². The highest BCUT2D eigenvalue weighted by Crippen LogP contribution is 2.39. The predicted molar refractivity (Wildman–Crippen MR) is 55.5 cm³/mol. The number of ether oxygens (including phenoxy) is 2. The fourth-order valence-corrected chi connectivity index (χ4v) is 1.59. The SMILES string of the molecule is N#CCNC(=O)c1cc(Cl)c2c(c1)OCO2. The van der Waals surface area contributed by atoms with E-state index in [4.69, 9.17) is 26.3 Å². The largest absolute Gasteiger partial charge is 0.454 e. The molecule has 0 bridgehead atoms. The van der Waals surface area contributed by atoms with Crippen LogP contribution in [-0.2, 0) is 0 Å². The van der Waals surface area contributed by atoms with Crippen LogP contribution in [0.25, 0.3) is 0 Å². The number of benzene rings is 1. The number of fused-ring (bicyclic) bond motifs is 1. The lowest BCUT2D eigenvalue weighted by Gasteiger charge is -2.04. The fourth-order valence-electron chi connectivity index (χ4n) is 1.32.